The molecule has 132 valence electrons. The van der Waals surface area contributed by atoms with Crippen molar-refractivity contribution < 1.29 is 9.53 Å². The fourth-order valence-electron chi connectivity index (χ4n) is 3.40. The zero-order chi connectivity index (χ0) is 16.6. The molecular formula is C18H28N4O2. The van der Waals surface area contributed by atoms with Gasteiger partial charge in [-0.1, -0.05) is 11.6 Å². The highest BCUT2D eigenvalue weighted by Gasteiger charge is 2.22. The maximum atomic E-state index is 12.1. The van der Waals surface area contributed by atoms with Gasteiger partial charge < -0.3 is 10.1 Å². The zero-order valence-electron chi connectivity index (χ0n) is 14.3. The summed E-state index contributed by atoms with van der Waals surface area (Å²) in [6, 6.07) is 1.91. The summed E-state index contributed by atoms with van der Waals surface area (Å²) < 4.78 is 7.66. The van der Waals surface area contributed by atoms with E-state index < -0.39 is 0 Å². The van der Waals surface area contributed by atoms with E-state index in [-0.39, 0.29) is 12.0 Å². The number of carbonyl (C=O) groups is 1. The maximum Gasteiger partial charge on any atom is 0.234 e. The summed E-state index contributed by atoms with van der Waals surface area (Å²) in [4.78, 5) is 14.3. The molecule has 1 N–H and O–H groups in total. The Kier molecular flexibility index (Phi) is 6.43. The van der Waals surface area contributed by atoms with E-state index in [1.807, 2.05) is 16.9 Å². The van der Waals surface area contributed by atoms with Crippen molar-refractivity contribution in [3.05, 3.63) is 30.1 Å². The molecule has 1 aliphatic heterocycles. The number of amides is 1. The maximum absolute atomic E-state index is 12.1. The van der Waals surface area contributed by atoms with Gasteiger partial charge in [0.15, 0.2) is 0 Å². The second kappa shape index (κ2) is 8.99. The van der Waals surface area contributed by atoms with Gasteiger partial charge in [0, 0.05) is 32.0 Å². The fraction of sp³-hybridized carbons (Fsp3) is 0.667. The lowest BCUT2D eigenvalue weighted by molar-refractivity contribution is -0.124. The van der Waals surface area contributed by atoms with Crippen LogP contribution >= 0.6 is 0 Å². The first-order valence-corrected chi connectivity index (χ1v) is 9.05. The lowest BCUT2D eigenvalue weighted by Crippen LogP contribution is -2.48. The molecule has 0 saturated carbocycles. The van der Waals surface area contributed by atoms with Gasteiger partial charge in [-0.25, -0.2) is 0 Å². The minimum absolute atomic E-state index is 0.0962. The van der Waals surface area contributed by atoms with Gasteiger partial charge in [-0.2, -0.15) is 5.10 Å². The highest BCUT2D eigenvalue weighted by Crippen LogP contribution is 2.19. The second-order valence-corrected chi connectivity index (χ2v) is 6.66. The van der Waals surface area contributed by atoms with E-state index >= 15 is 0 Å². The van der Waals surface area contributed by atoms with E-state index in [0.717, 1.165) is 32.6 Å². The number of rotatable bonds is 7. The quantitative estimate of drug-likeness (QED) is 0.771. The third-order valence-electron chi connectivity index (χ3n) is 4.69. The summed E-state index contributed by atoms with van der Waals surface area (Å²) in [5.74, 6) is 0.117. The first kappa shape index (κ1) is 17.2. The third-order valence-corrected chi connectivity index (χ3v) is 4.69. The van der Waals surface area contributed by atoms with Crippen LogP contribution in [-0.2, 0) is 16.1 Å². The van der Waals surface area contributed by atoms with Crippen LogP contribution in [0.4, 0.5) is 0 Å². The Morgan fingerprint density at radius 1 is 1.42 bits per heavy atom. The molecule has 3 rings (SSSR count). The van der Waals surface area contributed by atoms with Gasteiger partial charge in [0.25, 0.3) is 0 Å². The average Bonchev–Trinajstić information content (AvgIpc) is 3.09. The van der Waals surface area contributed by atoms with Gasteiger partial charge in [-0.3, -0.25) is 14.4 Å². The van der Waals surface area contributed by atoms with E-state index in [1.165, 1.54) is 31.3 Å². The number of aromatic nitrogens is 2. The predicted molar refractivity (Wildman–Crippen MR) is 92.6 cm³/mol. The van der Waals surface area contributed by atoms with Crippen LogP contribution in [0.2, 0.25) is 0 Å². The van der Waals surface area contributed by atoms with Gasteiger partial charge in [0.1, 0.15) is 0 Å². The monoisotopic (exact) mass is 332 g/mol. The van der Waals surface area contributed by atoms with Crippen molar-refractivity contribution in [3.8, 4) is 0 Å². The minimum atomic E-state index is 0.0962. The standard InChI is InChI=1S/C18H28N4O2/c23-18(19-9-7-16-5-2-1-3-6-16)15-21-11-12-24-17(13-21)14-22-10-4-8-20-22/h4-5,8,10,17H,1-3,6-7,9,11-15H2,(H,19,23)/t17-/m1/s1. The Bertz CT molecular complexity index is 541. The van der Waals surface area contributed by atoms with Crippen LogP contribution in [-0.4, -0.2) is 59.5 Å². The van der Waals surface area contributed by atoms with Crippen LogP contribution in [0.15, 0.2) is 30.1 Å². The van der Waals surface area contributed by atoms with Gasteiger partial charge in [0.05, 0.1) is 25.8 Å². The molecule has 1 saturated heterocycles. The molecule has 1 fully saturated rings. The van der Waals surface area contributed by atoms with E-state index in [1.54, 1.807) is 6.20 Å². The first-order valence-electron chi connectivity index (χ1n) is 9.05. The van der Waals surface area contributed by atoms with Crippen molar-refractivity contribution in [2.45, 2.75) is 44.8 Å². The van der Waals surface area contributed by atoms with Crippen molar-refractivity contribution in [2.75, 3.05) is 32.8 Å². The van der Waals surface area contributed by atoms with E-state index in [4.69, 9.17) is 4.74 Å². The normalized spacial score (nSPS) is 22.2. The Hall–Kier alpha value is -1.66. The Morgan fingerprint density at radius 2 is 2.38 bits per heavy atom. The number of nitrogens with zero attached hydrogens (tertiary/aromatic N) is 3. The molecule has 2 aliphatic rings. The molecule has 0 radical (unpaired) electrons. The van der Waals surface area contributed by atoms with Gasteiger partial charge in [-0.15, -0.1) is 0 Å². The molecule has 0 spiro atoms. The molecule has 0 aromatic carbocycles. The summed E-state index contributed by atoms with van der Waals surface area (Å²) in [7, 11) is 0. The van der Waals surface area contributed by atoms with Crippen LogP contribution in [0.3, 0.4) is 0 Å². The number of hydrogen-bond donors (Lipinski definition) is 1. The Labute approximate surface area is 143 Å². The first-order chi connectivity index (χ1) is 11.8. The van der Waals surface area contributed by atoms with Gasteiger partial charge in [0.2, 0.25) is 5.91 Å². The average molecular weight is 332 g/mol. The molecule has 6 heteroatoms. The highest BCUT2D eigenvalue weighted by atomic mass is 16.5. The number of allylic oxidation sites excluding steroid dienone is 1. The van der Waals surface area contributed by atoms with E-state index in [2.05, 4.69) is 21.4 Å². The van der Waals surface area contributed by atoms with Gasteiger partial charge in [-0.05, 0) is 38.2 Å². The third kappa shape index (κ3) is 5.46. The van der Waals surface area contributed by atoms with Gasteiger partial charge >= 0.3 is 0 Å². The molecule has 0 bridgehead atoms. The fourth-order valence-corrected chi connectivity index (χ4v) is 3.40. The van der Waals surface area contributed by atoms with Crippen LogP contribution in [0.25, 0.3) is 0 Å². The van der Waals surface area contributed by atoms with Crippen molar-refractivity contribution in [2.24, 2.45) is 0 Å². The van der Waals surface area contributed by atoms with Crippen molar-refractivity contribution in [3.63, 3.8) is 0 Å². The van der Waals surface area contributed by atoms with Crippen LogP contribution in [0, 0.1) is 0 Å². The molecule has 1 aromatic heterocycles. The molecular weight excluding hydrogens is 304 g/mol. The van der Waals surface area contributed by atoms with Crippen molar-refractivity contribution >= 4 is 5.91 Å². The number of nitrogens with one attached hydrogen (secondary N) is 1. The molecule has 24 heavy (non-hydrogen) atoms. The summed E-state index contributed by atoms with van der Waals surface area (Å²) >= 11 is 0. The summed E-state index contributed by atoms with van der Waals surface area (Å²) in [6.45, 7) is 4.21. The molecule has 2 heterocycles. The Balaban J connectivity index is 1.35. The summed E-state index contributed by atoms with van der Waals surface area (Å²) in [5, 5.41) is 7.27. The zero-order valence-corrected chi connectivity index (χ0v) is 14.3. The van der Waals surface area contributed by atoms with Crippen LogP contribution in [0.1, 0.15) is 32.1 Å². The van der Waals surface area contributed by atoms with Crippen LogP contribution < -0.4 is 5.32 Å². The molecule has 1 amide bonds. The largest absolute Gasteiger partial charge is 0.374 e. The number of hydrogen-bond acceptors (Lipinski definition) is 4. The molecule has 0 unspecified atom stereocenters. The summed E-state index contributed by atoms with van der Waals surface area (Å²) in [6.07, 6.45) is 12.2. The summed E-state index contributed by atoms with van der Waals surface area (Å²) in [5.41, 5.74) is 1.51. The lowest BCUT2D eigenvalue weighted by Gasteiger charge is -2.32. The number of carbonyl (C=O) groups excluding carboxylic acids is 1. The topological polar surface area (TPSA) is 59.4 Å². The van der Waals surface area contributed by atoms with E-state index in [0.29, 0.717) is 13.2 Å². The van der Waals surface area contributed by atoms with Crippen LogP contribution in [0.5, 0.6) is 0 Å². The SMILES string of the molecule is O=C(CN1CCO[C@@H](Cn2cccn2)C1)NCCC1=CCCCC1. The predicted octanol–water partition coefficient (Wildman–Crippen LogP) is 1.59. The number of ether oxygens (including phenoxy) is 1. The second-order valence-electron chi connectivity index (χ2n) is 6.66. The number of morpholine rings is 1. The molecule has 6 nitrogen and oxygen atoms in total. The molecule has 1 aromatic rings. The molecule has 1 atom stereocenters. The highest BCUT2D eigenvalue weighted by molar-refractivity contribution is 5.78. The Morgan fingerprint density at radius 3 is 3.17 bits per heavy atom. The minimum Gasteiger partial charge on any atom is -0.374 e. The van der Waals surface area contributed by atoms with Crippen molar-refractivity contribution in [1.29, 1.82) is 0 Å². The smallest absolute Gasteiger partial charge is 0.234 e. The lowest BCUT2D eigenvalue weighted by atomic mass is 9.97. The molecule has 1 aliphatic carbocycles. The van der Waals surface area contributed by atoms with Crippen molar-refractivity contribution in [1.82, 2.24) is 20.0 Å². The van der Waals surface area contributed by atoms with E-state index in [9.17, 15) is 4.79 Å².